The molecule has 1 aromatic carbocycles. The molecule has 2 fully saturated rings. The average Bonchev–Trinajstić information content (AvgIpc) is 3.08. The van der Waals surface area contributed by atoms with Crippen LogP contribution in [0.15, 0.2) is 42.5 Å². The van der Waals surface area contributed by atoms with Crippen molar-refractivity contribution < 1.29 is 24.6 Å². The maximum absolute atomic E-state index is 12.5. The van der Waals surface area contributed by atoms with E-state index in [1.54, 1.807) is 0 Å². The fourth-order valence-electron chi connectivity index (χ4n) is 4.27. The summed E-state index contributed by atoms with van der Waals surface area (Å²) < 4.78 is 0. The van der Waals surface area contributed by atoms with Gasteiger partial charge in [0.25, 0.3) is 0 Å². The van der Waals surface area contributed by atoms with Gasteiger partial charge < -0.3 is 15.5 Å². The van der Waals surface area contributed by atoms with Gasteiger partial charge in [0.15, 0.2) is 0 Å². The number of carboxylic acids is 2. The number of piperidine rings is 1. The van der Waals surface area contributed by atoms with E-state index in [9.17, 15) is 14.4 Å². The summed E-state index contributed by atoms with van der Waals surface area (Å²) >= 11 is 0. The Kier molecular flexibility index (Phi) is 8.34. The van der Waals surface area contributed by atoms with Crippen molar-refractivity contribution in [1.29, 1.82) is 0 Å². The average molecular weight is 399 g/mol. The zero-order chi connectivity index (χ0) is 21.4. The topological polar surface area (TPSA) is 104 Å². The summed E-state index contributed by atoms with van der Waals surface area (Å²) in [5.74, 6) is -1.52. The van der Waals surface area contributed by atoms with Crippen molar-refractivity contribution in [3.8, 4) is 0 Å². The summed E-state index contributed by atoms with van der Waals surface area (Å²) in [5.41, 5.74) is 2.57. The van der Waals surface area contributed by atoms with Crippen LogP contribution in [0.2, 0.25) is 0 Å². The molecule has 0 saturated carbocycles. The first-order chi connectivity index (χ1) is 13.8. The molecular weight excluding hydrogens is 370 g/mol. The second kappa shape index (κ2) is 10.7. The minimum absolute atomic E-state index is 0.168. The first-order valence-corrected chi connectivity index (χ1v) is 10.0. The molecule has 0 spiro atoms. The summed E-state index contributed by atoms with van der Waals surface area (Å²) in [4.78, 5) is 31.6. The fourth-order valence-corrected chi connectivity index (χ4v) is 4.27. The molecule has 2 heterocycles. The van der Waals surface area contributed by atoms with E-state index in [2.05, 4.69) is 41.7 Å². The molecule has 156 valence electrons. The van der Waals surface area contributed by atoms with Crippen LogP contribution in [-0.2, 0) is 14.4 Å². The minimum Gasteiger partial charge on any atom is -0.478 e. The Balaban J connectivity index is 0.000000321. The van der Waals surface area contributed by atoms with Gasteiger partial charge in [0.1, 0.15) is 5.78 Å². The molecule has 6 nitrogen and oxygen atoms in total. The van der Waals surface area contributed by atoms with E-state index in [1.807, 2.05) is 13.8 Å². The highest BCUT2D eigenvalue weighted by Gasteiger charge is 2.44. The lowest BCUT2D eigenvalue weighted by molar-refractivity contribution is -0.134. The first-order valence-electron chi connectivity index (χ1n) is 10.0. The van der Waals surface area contributed by atoms with Crippen molar-refractivity contribution in [1.82, 2.24) is 5.32 Å². The van der Waals surface area contributed by atoms with Crippen molar-refractivity contribution in [3.63, 3.8) is 0 Å². The summed E-state index contributed by atoms with van der Waals surface area (Å²) in [6.45, 7) is 4.03. The molecule has 3 N–H and O–H groups in total. The normalized spacial score (nSPS) is 25.6. The van der Waals surface area contributed by atoms with Crippen LogP contribution in [0.25, 0.3) is 6.08 Å². The Morgan fingerprint density at radius 1 is 1.07 bits per heavy atom. The van der Waals surface area contributed by atoms with Crippen LogP contribution in [0, 0.1) is 5.92 Å². The van der Waals surface area contributed by atoms with Gasteiger partial charge in [0, 0.05) is 36.6 Å². The van der Waals surface area contributed by atoms with Crippen molar-refractivity contribution in [3.05, 3.63) is 53.6 Å². The molecule has 0 amide bonds. The summed E-state index contributed by atoms with van der Waals surface area (Å²) in [6.07, 6.45) is 9.44. The monoisotopic (exact) mass is 399 g/mol. The van der Waals surface area contributed by atoms with Crippen molar-refractivity contribution in [2.75, 3.05) is 0 Å². The fraction of sp³-hybridized carbons (Fsp3) is 0.435. The number of Topliss-reactive ketones (excluding diaryl/α,β-unsaturated/α-hetero) is 1. The number of carboxylic acid groups (broad SMARTS) is 2. The van der Waals surface area contributed by atoms with E-state index in [4.69, 9.17) is 10.2 Å². The van der Waals surface area contributed by atoms with E-state index in [-0.39, 0.29) is 5.92 Å². The third-order valence-corrected chi connectivity index (χ3v) is 5.49. The molecule has 2 aliphatic heterocycles. The number of aliphatic carboxylic acids is 2. The van der Waals surface area contributed by atoms with Crippen LogP contribution < -0.4 is 5.32 Å². The van der Waals surface area contributed by atoms with Gasteiger partial charge in [-0.2, -0.15) is 0 Å². The molecule has 2 bridgehead atoms. The molecule has 0 aliphatic carbocycles. The van der Waals surface area contributed by atoms with E-state index < -0.39 is 11.9 Å². The molecule has 29 heavy (non-hydrogen) atoms. The quantitative estimate of drug-likeness (QED) is 0.631. The van der Waals surface area contributed by atoms with Gasteiger partial charge in [-0.15, -0.1) is 0 Å². The number of rotatable bonds is 6. The van der Waals surface area contributed by atoms with Crippen LogP contribution in [0.4, 0.5) is 0 Å². The van der Waals surface area contributed by atoms with Crippen LogP contribution in [0.5, 0.6) is 0 Å². The lowest BCUT2D eigenvalue weighted by Crippen LogP contribution is -2.47. The Morgan fingerprint density at radius 2 is 1.69 bits per heavy atom. The van der Waals surface area contributed by atoms with Gasteiger partial charge >= 0.3 is 11.9 Å². The van der Waals surface area contributed by atoms with Gasteiger partial charge in [-0.05, 0) is 43.2 Å². The minimum atomic E-state index is -1.26. The number of ketones is 1. The second-order valence-electron chi connectivity index (χ2n) is 7.41. The third kappa shape index (κ3) is 6.39. The van der Waals surface area contributed by atoms with E-state index in [0.29, 0.717) is 42.4 Å². The number of fused-ring (bicyclic) bond motifs is 2. The number of carbonyl (C=O) groups excluding carboxylic acids is 1. The van der Waals surface area contributed by atoms with Crippen LogP contribution in [0.1, 0.15) is 56.6 Å². The van der Waals surface area contributed by atoms with E-state index in [0.717, 1.165) is 12.8 Å². The van der Waals surface area contributed by atoms with Crippen LogP contribution >= 0.6 is 0 Å². The van der Waals surface area contributed by atoms with E-state index in [1.165, 1.54) is 17.5 Å². The zero-order valence-corrected chi connectivity index (χ0v) is 16.9. The summed E-state index contributed by atoms with van der Waals surface area (Å²) in [7, 11) is 0. The molecule has 0 aromatic heterocycles. The molecule has 6 heteroatoms. The molecule has 1 aromatic rings. The van der Waals surface area contributed by atoms with Crippen molar-refractivity contribution >= 4 is 23.8 Å². The summed E-state index contributed by atoms with van der Waals surface area (Å²) in [6, 6.07) is 9.80. The number of nitrogens with one attached hydrogen (secondary N) is 1. The Morgan fingerprint density at radius 3 is 2.21 bits per heavy atom. The number of hydrogen-bond acceptors (Lipinski definition) is 4. The largest absolute Gasteiger partial charge is 0.478 e. The molecule has 0 radical (unpaired) electrons. The van der Waals surface area contributed by atoms with Gasteiger partial charge in [-0.25, -0.2) is 9.59 Å². The molecule has 2 aliphatic rings. The second-order valence-corrected chi connectivity index (χ2v) is 7.41. The molecule has 4 atom stereocenters. The van der Waals surface area contributed by atoms with Gasteiger partial charge in [0.2, 0.25) is 0 Å². The highest BCUT2D eigenvalue weighted by Crippen LogP contribution is 2.42. The van der Waals surface area contributed by atoms with E-state index >= 15 is 0 Å². The zero-order valence-electron chi connectivity index (χ0n) is 16.9. The molecule has 1 unspecified atom stereocenters. The Hall–Kier alpha value is -2.73. The predicted molar refractivity (Wildman–Crippen MR) is 112 cm³/mol. The number of allylic oxidation sites excluding steroid dienone is 1. The highest BCUT2D eigenvalue weighted by molar-refractivity contribution is 5.89. The number of hydrogen-bond donors (Lipinski definition) is 3. The standard InChI is InChI=1S/C19H25NO.C4H4O4/c1-3-5-13-6-8-14(9-7-13)16-12-15-10-11-17(20-15)19(16)18(21)4-2;5-3(6)1-2-4(7)8/h3,5-9,15-17,19-20H,4,10-12H2,1-2H3;1-2H,(H,5,6)(H,7,8)/b5-3+;2-1+/t15?,16-,17-,19+;/m1./s1. The van der Waals surface area contributed by atoms with Gasteiger partial charge in [0.05, 0.1) is 0 Å². The third-order valence-electron chi connectivity index (χ3n) is 5.49. The maximum atomic E-state index is 12.5. The van der Waals surface area contributed by atoms with Crippen LogP contribution in [0.3, 0.4) is 0 Å². The lowest BCUT2D eigenvalue weighted by Gasteiger charge is -2.37. The van der Waals surface area contributed by atoms with Gasteiger partial charge in [-0.1, -0.05) is 43.3 Å². The molecular formula is C23H29NO5. The highest BCUT2D eigenvalue weighted by atomic mass is 16.4. The summed E-state index contributed by atoms with van der Waals surface area (Å²) in [5, 5.41) is 19.3. The van der Waals surface area contributed by atoms with Crippen molar-refractivity contribution in [2.24, 2.45) is 5.92 Å². The lowest BCUT2D eigenvalue weighted by atomic mass is 9.74. The molecule has 3 rings (SSSR count). The number of benzene rings is 1. The molecule has 2 saturated heterocycles. The Labute approximate surface area is 171 Å². The first kappa shape index (κ1) is 22.6. The van der Waals surface area contributed by atoms with Crippen molar-refractivity contribution in [2.45, 2.75) is 57.5 Å². The predicted octanol–water partition coefficient (Wildman–Crippen LogP) is 3.63. The van der Waals surface area contributed by atoms with Crippen LogP contribution in [-0.4, -0.2) is 40.0 Å². The Bertz CT molecular complexity index is 765. The number of carbonyl (C=O) groups is 3. The maximum Gasteiger partial charge on any atom is 0.328 e. The smallest absolute Gasteiger partial charge is 0.328 e. The van der Waals surface area contributed by atoms with Gasteiger partial charge in [-0.3, -0.25) is 4.79 Å². The SMILES string of the molecule is C/C=C/c1ccc([C@H]2CC3CC[C@@H](N3)[C@H]2C(=O)CC)cc1.O=C(O)/C=C/C(=O)O.